The average molecular weight is 286 g/mol. The Morgan fingerprint density at radius 1 is 1.32 bits per heavy atom. The second kappa shape index (κ2) is 5.00. The second-order valence-electron chi connectivity index (χ2n) is 4.36. The molecule has 1 saturated heterocycles. The summed E-state index contributed by atoms with van der Waals surface area (Å²) >= 11 is 0. The van der Waals surface area contributed by atoms with Crippen molar-refractivity contribution in [2.24, 2.45) is 0 Å². The van der Waals surface area contributed by atoms with E-state index in [1.54, 1.807) is 4.90 Å². The molecule has 104 valence electrons. The highest BCUT2D eigenvalue weighted by Gasteiger charge is 2.21. The molecule has 2 heterocycles. The number of anilines is 2. The van der Waals surface area contributed by atoms with Gasteiger partial charge >= 0.3 is 0 Å². The van der Waals surface area contributed by atoms with E-state index in [4.69, 9.17) is 5.73 Å². The summed E-state index contributed by atoms with van der Waals surface area (Å²) < 4.78 is 23.0. The molecule has 8 nitrogen and oxygen atoms in total. The van der Waals surface area contributed by atoms with Gasteiger partial charge in [0.15, 0.2) is 9.84 Å². The van der Waals surface area contributed by atoms with E-state index in [1.165, 1.54) is 12.1 Å². The first-order valence-electron chi connectivity index (χ1n) is 5.75. The third-order valence-electron chi connectivity index (χ3n) is 2.91. The maximum atomic E-state index is 11.5. The van der Waals surface area contributed by atoms with Crippen LogP contribution in [0.4, 0.5) is 17.3 Å². The van der Waals surface area contributed by atoms with Gasteiger partial charge in [0.2, 0.25) is 0 Å². The summed E-state index contributed by atoms with van der Waals surface area (Å²) in [5.41, 5.74) is 5.39. The summed E-state index contributed by atoms with van der Waals surface area (Å²) in [5.74, 6) is 0.561. The summed E-state index contributed by atoms with van der Waals surface area (Å²) in [7, 11) is -3.03. The summed E-state index contributed by atoms with van der Waals surface area (Å²) in [5, 5.41) is 10.8. The Morgan fingerprint density at radius 2 is 2.05 bits per heavy atom. The highest BCUT2D eigenvalue weighted by molar-refractivity contribution is 7.91. The van der Waals surface area contributed by atoms with Crippen LogP contribution in [0, 0.1) is 10.1 Å². The number of hydrogen-bond acceptors (Lipinski definition) is 7. The lowest BCUT2D eigenvalue weighted by Gasteiger charge is -2.20. The zero-order valence-electron chi connectivity index (χ0n) is 10.2. The molecule has 0 amide bonds. The predicted molar refractivity (Wildman–Crippen MR) is 70.8 cm³/mol. The van der Waals surface area contributed by atoms with Crippen LogP contribution >= 0.6 is 0 Å². The lowest BCUT2D eigenvalue weighted by atomic mass is 10.3. The van der Waals surface area contributed by atoms with E-state index in [0.717, 1.165) is 0 Å². The Labute approximate surface area is 110 Å². The van der Waals surface area contributed by atoms with Crippen molar-refractivity contribution in [3.63, 3.8) is 0 Å². The van der Waals surface area contributed by atoms with Crippen molar-refractivity contribution in [2.75, 3.05) is 35.2 Å². The van der Waals surface area contributed by atoms with Gasteiger partial charge in [-0.25, -0.2) is 13.4 Å². The molecule has 1 aromatic rings. The van der Waals surface area contributed by atoms with Crippen LogP contribution in [0.1, 0.15) is 6.42 Å². The molecule has 0 spiro atoms. The van der Waals surface area contributed by atoms with E-state index in [-0.39, 0.29) is 29.6 Å². The first-order chi connectivity index (χ1) is 8.87. The molecule has 0 aromatic carbocycles. The van der Waals surface area contributed by atoms with Gasteiger partial charge in [-0.2, -0.15) is 0 Å². The van der Waals surface area contributed by atoms with Crippen molar-refractivity contribution >= 4 is 27.2 Å². The number of nitrogen functional groups attached to an aromatic ring is 1. The van der Waals surface area contributed by atoms with Crippen molar-refractivity contribution in [2.45, 2.75) is 6.42 Å². The fourth-order valence-electron chi connectivity index (χ4n) is 1.96. The normalized spacial score (nSPS) is 18.8. The summed E-state index contributed by atoms with van der Waals surface area (Å²) in [4.78, 5) is 16.0. The number of sulfone groups is 1. The zero-order valence-corrected chi connectivity index (χ0v) is 11.0. The summed E-state index contributed by atoms with van der Waals surface area (Å²) in [6.07, 6.45) is 0.479. The van der Waals surface area contributed by atoms with Crippen LogP contribution in [0.15, 0.2) is 12.1 Å². The zero-order chi connectivity index (χ0) is 14.0. The monoisotopic (exact) mass is 286 g/mol. The van der Waals surface area contributed by atoms with E-state index < -0.39 is 14.8 Å². The second-order valence-corrected chi connectivity index (χ2v) is 6.66. The highest BCUT2D eigenvalue weighted by Crippen LogP contribution is 2.23. The molecule has 2 rings (SSSR count). The SMILES string of the molecule is Nc1cc([N+](=O)[O-])cc(N2CCCS(=O)(=O)CC2)n1. The fourth-order valence-corrected chi connectivity index (χ4v) is 3.23. The topological polar surface area (TPSA) is 119 Å². The van der Waals surface area contributed by atoms with E-state index in [0.29, 0.717) is 18.8 Å². The van der Waals surface area contributed by atoms with Crippen LogP contribution < -0.4 is 10.6 Å². The Bertz CT molecular complexity index is 602. The number of hydrogen-bond donors (Lipinski definition) is 1. The fraction of sp³-hybridized carbons (Fsp3) is 0.500. The minimum Gasteiger partial charge on any atom is -0.383 e. The molecule has 1 aliphatic heterocycles. The number of rotatable bonds is 2. The van der Waals surface area contributed by atoms with Gasteiger partial charge in [0, 0.05) is 13.1 Å². The van der Waals surface area contributed by atoms with Gasteiger partial charge in [-0.3, -0.25) is 10.1 Å². The molecule has 9 heteroatoms. The standard InChI is InChI=1S/C10H14N4O4S/c11-9-6-8(14(15)16)7-10(12-9)13-2-1-4-19(17,18)5-3-13/h6-7H,1-5H2,(H2,11,12). The smallest absolute Gasteiger partial charge is 0.276 e. The number of nitrogens with zero attached hydrogens (tertiary/aromatic N) is 3. The largest absolute Gasteiger partial charge is 0.383 e. The summed E-state index contributed by atoms with van der Waals surface area (Å²) in [6.45, 7) is 0.767. The quantitative estimate of drug-likeness (QED) is 0.609. The van der Waals surface area contributed by atoms with Crippen LogP contribution in [-0.2, 0) is 9.84 Å². The van der Waals surface area contributed by atoms with E-state index in [9.17, 15) is 18.5 Å². The van der Waals surface area contributed by atoms with Gasteiger partial charge in [-0.15, -0.1) is 0 Å². The van der Waals surface area contributed by atoms with Crippen molar-refractivity contribution in [3.8, 4) is 0 Å². The molecule has 0 bridgehead atoms. The van der Waals surface area contributed by atoms with Crippen LogP contribution in [0.3, 0.4) is 0 Å². The first kappa shape index (κ1) is 13.5. The van der Waals surface area contributed by atoms with Gasteiger partial charge in [0.25, 0.3) is 5.69 Å². The third-order valence-corrected chi connectivity index (χ3v) is 4.62. The molecule has 1 aromatic heterocycles. The predicted octanol–water partition coefficient (Wildman–Crippen LogP) is 0.197. The minimum absolute atomic E-state index is 0.0251. The first-order valence-corrected chi connectivity index (χ1v) is 7.57. The molecule has 1 fully saturated rings. The van der Waals surface area contributed by atoms with Crippen LogP contribution in [0.2, 0.25) is 0 Å². The molecule has 0 atom stereocenters. The maximum absolute atomic E-state index is 11.5. The Morgan fingerprint density at radius 3 is 2.74 bits per heavy atom. The van der Waals surface area contributed by atoms with Gasteiger partial charge in [0.1, 0.15) is 11.6 Å². The van der Waals surface area contributed by atoms with Gasteiger partial charge in [0.05, 0.1) is 28.6 Å². The molecule has 0 saturated carbocycles. The van der Waals surface area contributed by atoms with Crippen LogP contribution in [-0.4, -0.2) is 42.9 Å². The number of aromatic nitrogens is 1. The minimum atomic E-state index is -3.03. The summed E-state index contributed by atoms with van der Waals surface area (Å²) in [6, 6.07) is 2.49. The van der Waals surface area contributed by atoms with Gasteiger partial charge in [-0.1, -0.05) is 0 Å². The van der Waals surface area contributed by atoms with Crippen molar-refractivity contribution in [1.29, 1.82) is 0 Å². The molecule has 2 N–H and O–H groups in total. The Kier molecular flexibility index (Phi) is 3.56. The molecule has 0 aliphatic carbocycles. The van der Waals surface area contributed by atoms with E-state index in [2.05, 4.69) is 4.98 Å². The van der Waals surface area contributed by atoms with Crippen LogP contribution in [0.25, 0.3) is 0 Å². The van der Waals surface area contributed by atoms with Crippen molar-refractivity contribution in [1.82, 2.24) is 4.98 Å². The van der Waals surface area contributed by atoms with Crippen LogP contribution in [0.5, 0.6) is 0 Å². The van der Waals surface area contributed by atoms with E-state index in [1.807, 2.05) is 0 Å². The molecular weight excluding hydrogens is 272 g/mol. The molecule has 0 radical (unpaired) electrons. The Hall–Kier alpha value is -1.90. The Balaban J connectivity index is 2.29. The number of pyridine rings is 1. The van der Waals surface area contributed by atoms with Gasteiger partial charge in [-0.05, 0) is 6.42 Å². The van der Waals surface area contributed by atoms with Gasteiger partial charge < -0.3 is 10.6 Å². The third kappa shape index (κ3) is 3.31. The van der Waals surface area contributed by atoms with Crippen molar-refractivity contribution in [3.05, 3.63) is 22.2 Å². The number of nitro groups is 1. The lowest BCUT2D eigenvalue weighted by Crippen LogP contribution is -2.27. The average Bonchev–Trinajstić information content (AvgIpc) is 2.49. The van der Waals surface area contributed by atoms with E-state index >= 15 is 0 Å². The molecular formula is C10H14N4O4S. The molecule has 1 aliphatic rings. The lowest BCUT2D eigenvalue weighted by molar-refractivity contribution is -0.384. The molecule has 0 unspecified atom stereocenters. The molecule has 19 heavy (non-hydrogen) atoms. The number of nitrogens with two attached hydrogens (primary N) is 1. The van der Waals surface area contributed by atoms with Crippen molar-refractivity contribution < 1.29 is 13.3 Å². The maximum Gasteiger partial charge on any atom is 0.276 e. The highest BCUT2D eigenvalue weighted by atomic mass is 32.2.